The van der Waals surface area contributed by atoms with Gasteiger partial charge in [0.05, 0.1) is 44.6 Å². The van der Waals surface area contributed by atoms with Crippen molar-refractivity contribution in [1.82, 2.24) is 4.90 Å². The van der Waals surface area contributed by atoms with Crippen LogP contribution in [0.2, 0.25) is 0 Å². The standard InChI is InChI=1S/C22H29NO5/c1-7-22(23(2)3,17-11-9-8-10-12-17)15-28-21(24)16-13-18(25-4)20(27-6)19(14-16)26-5/h8-14H,7,15H2,1-6H3/i4D3,5D3,6D3. The van der Waals surface area contributed by atoms with Gasteiger partial charge in [0.2, 0.25) is 5.75 Å². The van der Waals surface area contributed by atoms with E-state index in [0.717, 1.165) is 17.7 Å². The van der Waals surface area contributed by atoms with Crippen molar-refractivity contribution in [3.63, 3.8) is 0 Å². The van der Waals surface area contributed by atoms with Crippen LogP contribution in [0.5, 0.6) is 17.2 Å². The fourth-order valence-electron chi connectivity index (χ4n) is 3.06. The molecule has 0 aliphatic heterocycles. The van der Waals surface area contributed by atoms with Gasteiger partial charge in [-0.15, -0.1) is 0 Å². The van der Waals surface area contributed by atoms with Crippen LogP contribution in [0.4, 0.5) is 0 Å². The first-order chi connectivity index (χ1) is 16.9. The minimum absolute atomic E-state index is 0.113. The molecule has 0 N–H and O–H groups in total. The third kappa shape index (κ3) is 4.22. The molecule has 0 saturated heterocycles. The van der Waals surface area contributed by atoms with Crippen LogP contribution < -0.4 is 14.2 Å². The molecule has 0 bridgehead atoms. The van der Waals surface area contributed by atoms with Crippen LogP contribution in [-0.4, -0.2) is 52.7 Å². The lowest BCUT2D eigenvalue weighted by atomic mass is 9.87. The summed E-state index contributed by atoms with van der Waals surface area (Å²) in [6, 6.07) is 11.1. The molecule has 0 fully saturated rings. The number of esters is 1. The average molecular weight is 397 g/mol. The normalized spacial score (nSPS) is 19.1. The van der Waals surface area contributed by atoms with Crippen LogP contribution >= 0.6 is 0 Å². The van der Waals surface area contributed by atoms with Gasteiger partial charge in [-0.25, -0.2) is 4.79 Å². The molecule has 0 amide bonds. The van der Waals surface area contributed by atoms with Crippen molar-refractivity contribution in [3.05, 3.63) is 53.6 Å². The Bertz CT molecular complexity index is 1030. The number of benzene rings is 2. The maximum atomic E-state index is 13.1. The Labute approximate surface area is 179 Å². The van der Waals surface area contributed by atoms with Crippen LogP contribution in [-0.2, 0) is 10.3 Å². The molecule has 0 spiro atoms. The second-order valence-corrected chi connectivity index (χ2v) is 6.33. The lowest BCUT2D eigenvalue weighted by Crippen LogP contribution is -2.45. The first-order valence-corrected chi connectivity index (χ1v) is 8.52. The summed E-state index contributed by atoms with van der Waals surface area (Å²) in [4.78, 5) is 15.0. The molecule has 152 valence electrons. The number of hydrogen-bond acceptors (Lipinski definition) is 6. The van der Waals surface area contributed by atoms with E-state index in [0.29, 0.717) is 6.42 Å². The quantitative estimate of drug-likeness (QED) is 0.602. The van der Waals surface area contributed by atoms with E-state index in [4.69, 9.17) is 31.3 Å². The fourth-order valence-corrected chi connectivity index (χ4v) is 3.06. The second kappa shape index (κ2) is 9.46. The molecule has 1 unspecified atom stereocenters. The molecule has 2 aromatic rings. The summed E-state index contributed by atoms with van der Waals surface area (Å²) in [5, 5.41) is 0. The van der Waals surface area contributed by atoms with Crippen LogP contribution in [0.25, 0.3) is 0 Å². The third-order valence-corrected chi connectivity index (χ3v) is 4.77. The monoisotopic (exact) mass is 396 g/mol. The van der Waals surface area contributed by atoms with Crippen molar-refractivity contribution < 1.29 is 36.1 Å². The lowest BCUT2D eigenvalue weighted by molar-refractivity contribution is 0.0119. The van der Waals surface area contributed by atoms with Gasteiger partial charge in [0.1, 0.15) is 6.61 Å². The van der Waals surface area contributed by atoms with Crippen molar-refractivity contribution in [2.45, 2.75) is 18.9 Å². The molecule has 0 aliphatic carbocycles. The average Bonchev–Trinajstić information content (AvgIpc) is 2.74. The highest BCUT2D eigenvalue weighted by Crippen LogP contribution is 2.38. The topological polar surface area (TPSA) is 57.2 Å². The highest BCUT2D eigenvalue weighted by atomic mass is 16.5. The first-order valence-electron chi connectivity index (χ1n) is 13.0. The summed E-state index contributed by atoms with van der Waals surface area (Å²) in [5.74, 6) is -3.24. The molecule has 6 heteroatoms. The molecule has 6 nitrogen and oxygen atoms in total. The van der Waals surface area contributed by atoms with Crippen molar-refractivity contribution in [2.75, 3.05) is 41.8 Å². The summed E-state index contributed by atoms with van der Waals surface area (Å²) in [6.45, 7) is 1.81. The Morgan fingerprint density at radius 2 is 1.64 bits per heavy atom. The highest BCUT2D eigenvalue weighted by molar-refractivity contribution is 5.91. The number of hydrogen-bond donors (Lipinski definition) is 0. The zero-order valence-corrected chi connectivity index (χ0v) is 15.9. The predicted octanol–water partition coefficient (Wildman–Crippen LogP) is 3.74. The van der Waals surface area contributed by atoms with Crippen molar-refractivity contribution in [1.29, 1.82) is 0 Å². The second-order valence-electron chi connectivity index (χ2n) is 6.33. The van der Waals surface area contributed by atoms with Crippen LogP contribution in [0.3, 0.4) is 0 Å². The van der Waals surface area contributed by atoms with E-state index in [9.17, 15) is 4.79 Å². The van der Waals surface area contributed by atoms with Crippen LogP contribution in [0, 0.1) is 0 Å². The Hall–Kier alpha value is -2.73. The van der Waals surface area contributed by atoms with Crippen molar-refractivity contribution in [2.24, 2.45) is 0 Å². The van der Waals surface area contributed by atoms with E-state index in [2.05, 4.69) is 0 Å². The predicted molar refractivity (Wildman–Crippen MR) is 108 cm³/mol. The Morgan fingerprint density at radius 1 is 1.04 bits per heavy atom. The number of ether oxygens (including phenoxy) is 4. The van der Waals surface area contributed by atoms with Gasteiger partial charge in [0.15, 0.2) is 11.5 Å². The summed E-state index contributed by atoms with van der Waals surface area (Å²) >= 11 is 0. The number of rotatable bonds is 9. The van der Waals surface area contributed by atoms with Gasteiger partial charge in [0, 0.05) is 0 Å². The summed E-state index contributed by atoms with van der Waals surface area (Å²) < 4.78 is 86.5. The first kappa shape index (κ1) is 12.0. The molecule has 0 aromatic heterocycles. The van der Waals surface area contributed by atoms with Gasteiger partial charge in [-0.3, -0.25) is 4.90 Å². The molecule has 0 aliphatic rings. The molecular weight excluding hydrogens is 358 g/mol. The summed E-state index contributed by atoms with van der Waals surface area (Å²) in [5.41, 5.74) is -0.167. The van der Waals surface area contributed by atoms with Gasteiger partial charge >= 0.3 is 5.97 Å². The summed E-state index contributed by atoms with van der Waals surface area (Å²) in [7, 11) is -5.65. The molecule has 0 radical (unpaired) electrons. The molecular formula is C22H29NO5. The van der Waals surface area contributed by atoms with Gasteiger partial charge in [-0.1, -0.05) is 37.3 Å². The Morgan fingerprint density at radius 3 is 2.14 bits per heavy atom. The van der Waals surface area contributed by atoms with Crippen molar-refractivity contribution in [3.8, 4) is 17.2 Å². The maximum Gasteiger partial charge on any atom is 0.338 e. The molecule has 2 aromatic carbocycles. The van der Waals surface area contributed by atoms with E-state index in [1.807, 2.05) is 56.3 Å². The lowest BCUT2D eigenvalue weighted by Gasteiger charge is -2.39. The van der Waals surface area contributed by atoms with E-state index in [1.54, 1.807) is 0 Å². The molecule has 28 heavy (non-hydrogen) atoms. The van der Waals surface area contributed by atoms with Gasteiger partial charge in [-0.05, 0) is 38.2 Å². The third-order valence-electron chi connectivity index (χ3n) is 4.77. The smallest absolute Gasteiger partial charge is 0.338 e. The Kier molecular flexibility index (Phi) is 4.04. The van der Waals surface area contributed by atoms with Crippen LogP contribution in [0.15, 0.2) is 42.5 Å². The van der Waals surface area contributed by atoms with E-state index >= 15 is 0 Å². The zero-order chi connectivity index (χ0) is 28.2. The SMILES string of the molecule is [2H]C([2H])([2H])Oc1cc(C(=O)OCC(CC)(c2ccccc2)N(C)C)cc(OC([2H])([2H])[2H])c1OC([2H])([2H])[2H]. The largest absolute Gasteiger partial charge is 0.493 e. The number of carbonyl (C=O) groups excluding carboxylic acids is 1. The number of nitrogens with zero attached hydrogens (tertiary/aromatic N) is 1. The van der Waals surface area contributed by atoms with Crippen LogP contribution in [0.1, 0.15) is 41.6 Å². The van der Waals surface area contributed by atoms with Gasteiger partial charge in [-0.2, -0.15) is 0 Å². The van der Waals surface area contributed by atoms with Crippen molar-refractivity contribution >= 4 is 5.97 Å². The maximum absolute atomic E-state index is 13.1. The molecule has 1 atom stereocenters. The van der Waals surface area contributed by atoms with Gasteiger partial charge < -0.3 is 18.9 Å². The molecule has 0 heterocycles. The van der Waals surface area contributed by atoms with E-state index < -0.39 is 49.9 Å². The summed E-state index contributed by atoms with van der Waals surface area (Å²) in [6.07, 6.45) is 0.559. The number of carbonyl (C=O) groups is 1. The number of likely N-dealkylation sites (N-methyl/N-ethyl adjacent to an activating group) is 1. The number of methoxy groups -OCH3 is 3. The minimum Gasteiger partial charge on any atom is -0.493 e. The van der Waals surface area contributed by atoms with E-state index in [-0.39, 0.29) is 12.2 Å². The minimum atomic E-state index is -3.12. The molecule has 2 rings (SSSR count). The fraction of sp³-hybridized carbons (Fsp3) is 0.409. The highest BCUT2D eigenvalue weighted by Gasteiger charge is 2.34. The van der Waals surface area contributed by atoms with Gasteiger partial charge in [0.25, 0.3) is 0 Å². The Balaban J connectivity index is 2.55. The van der Waals surface area contributed by atoms with E-state index in [1.165, 1.54) is 0 Å². The molecule has 0 saturated carbocycles. The zero-order valence-electron chi connectivity index (χ0n) is 24.9.